The van der Waals surface area contributed by atoms with E-state index in [0.717, 1.165) is 61.2 Å². The molecule has 0 atom stereocenters. The van der Waals surface area contributed by atoms with Crippen LogP contribution >= 0.6 is 0 Å². The molecule has 10 rings (SSSR count). The van der Waals surface area contributed by atoms with Gasteiger partial charge in [-0.25, -0.2) is 9.97 Å². The summed E-state index contributed by atoms with van der Waals surface area (Å²) in [5.41, 5.74) is 11.5. The van der Waals surface area contributed by atoms with Gasteiger partial charge in [0.25, 0.3) is 0 Å². The van der Waals surface area contributed by atoms with Gasteiger partial charge in [-0.2, -0.15) is 0 Å². The normalized spacial score (nSPS) is 11.5. The lowest BCUT2D eigenvalue weighted by molar-refractivity contribution is 1.17. The van der Waals surface area contributed by atoms with Crippen LogP contribution in [-0.4, -0.2) is 19.5 Å². The van der Waals surface area contributed by atoms with E-state index in [-0.39, 0.29) is 0 Å². The Morgan fingerprint density at radius 1 is 0.392 bits per heavy atom. The van der Waals surface area contributed by atoms with E-state index in [2.05, 4.69) is 179 Å². The van der Waals surface area contributed by atoms with Crippen molar-refractivity contribution >= 4 is 43.5 Å². The van der Waals surface area contributed by atoms with E-state index >= 15 is 0 Å². The van der Waals surface area contributed by atoms with E-state index in [1.807, 2.05) is 12.3 Å². The monoisotopic (exact) mass is 650 g/mol. The zero-order valence-corrected chi connectivity index (χ0v) is 27.6. The van der Waals surface area contributed by atoms with Crippen molar-refractivity contribution < 1.29 is 0 Å². The van der Waals surface area contributed by atoms with Crippen molar-refractivity contribution in [1.82, 2.24) is 19.5 Å². The third-order valence-electron chi connectivity index (χ3n) is 9.88. The Hall–Kier alpha value is -6.91. The zero-order valence-electron chi connectivity index (χ0n) is 27.6. The van der Waals surface area contributed by atoms with Gasteiger partial charge in [0.05, 0.1) is 27.9 Å². The Labute approximate surface area is 295 Å². The van der Waals surface area contributed by atoms with Gasteiger partial charge in [0.2, 0.25) is 0 Å². The summed E-state index contributed by atoms with van der Waals surface area (Å²) in [5, 5.41) is 5.97. The van der Waals surface area contributed by atoms with Gasteiger partial charge >= 0.3 is 0 Å². The molecule has 0 saturated heterocycles. The molecule has 7 aromatic carbocycles. The molecule has 0 fully saturated rings. The maximum atomic E-state index is 5.20. The fourth-order valence-electron chi connectivity index (χ4n) is 7.43. The molecule has 0 aliphatic heterocycles. The lowest BCUT2D eigenvalue weighted by atomic mass is 9.99. The van der Waals surface area contributed by atoms with Crippen LogP contribution in [0.25, 0.3) is 94.2 Å². The molecule has 0 amide bonds. The number of hydrogen-bond acceptors (Lipinski definition) is 3. The second-order valence-corrected chi connectivity index (χ2v) is 12.9. The molecule has 0 saturated carbocycles. The van der Waals surface area contributed by atoms with Crippen LogP contribution in [0.2, 0.25) is 0 Å². The number of hydrogen-bond donors (Lipinski definition) is 0. The standard InChI is InChI=1S/C47H30N4/c1-2-14-37-31(10-1)11-7-18-39(37)43-30-42(33-25-27-36(28-26-33)51-44-19-5-3-15-40(44)41-16-4-6-20-45(41)51)49-47(50-43)35-23-21-32(22-24-35)38-17-8-12-34-13-9-29-48-46(34)38/h1-30H. The molecule has 0 aliphatic carbocycles. The van der Waals surface area contributed by atoms with Crippen molar-refractivity contribution in [3.8, 4) is 50.7 Å². The van der Waals surface area contributed by atoms with Crippen LogP contribution in [0.5, 0.6) is 0 Å². The molecular formula is C47H30N4. The average molecular weight is 651 g/mol. The number of rotatable bonds is 5. The summed E-state index contributed by atoms with van der Waals surface area (Å²) in [6.07, 6.45) is 1.85. The van der Waals surface area contributed by atoms with Gasteiger partial charge in [0, 0.05) is 50.3 Å². The highest BCUT2D eigenvalue weighted by Crippen LogP contribution is 2.35. The smallest absolute Gasteiger partial charge is 0.160 e. The second kappa shape index (κ2) is 11.9. The van der Waals surface area contributed by atoms with E-state index in [1.54, 1.807) is 0 Å². The summed E-state index contributed by atoms with van der Waals surface area (Å²) in [6, 6.07) is 61.9. The Bertz CT molecular complexity index is 2840. The molecule has 0 N–H and O–H groups in total. The van der Waals surface area contributed by atoms with Crippen LogP contribution in [0, 0.1) is 0 Å². The summed E-state index contributed by atoms with van der Waals surface area (Å²) in [6.45, 7) is 0. The van der Waals surface area contributed by atoms with Crippen LogP contribution < -0.4 is 0 Å². The molecule has 0 aliphatic rings. The Balaban J connectivity index is 1.10. The third-order valence-corrected chi connectivity index (χ3v) is 9.88. The van der Waals surface area contributed by atoms with Crippen LogP contribution in [-0.2, 0) is 0 Å². The molecule has 3 aromatic heterocycles. The Morgan fingerprint density at radius 2 is 0.961 bits per heavy atom. The van der Waals surface area contributed by atoms with E-state index in [0.29, 0.717) is 5.82 Å². The quantitative estimate of drug-likeness (QED) is 0.186. The van der Waals surface area contributed by atoms with Crippen molar-refractivity contribution in [2.45, 2.75) is 0 Å². The van der Waals surface area contributed by atoms with Crippen molar-refractivity contribution in [3.63, 3.8) is 0 Å². The zero-order chi connectivity index (χ0) is 33.7. The minimum absolute atomic E-state index is 0.685. The first-order valence-electron chi connectivity index (χ1n) is 17.2. The second-order valence-electron chi connectivity index (χ2n) is 12.9. The van der Waals surface area contributed by atoms with Crippen molar-refractivity contribution in [2.24, 2.45) is 0 Å². The predicted molar refractivity (Wildman–Crippen MR) is 211 cm³/mol. The van der Waals surface area contributed by atoms with Gasteiger partial charge in [-0.3, -0.25) is 4.98 Å². The van der Waals surface area contributed by atoms with Gasteiger partial charge in [0.1, 0.15) is 0 Å². The lowest BCUT2D eigenvalue weighted by Gasteiger charge is -2.13. The highest BCUT2D eigenvalue weighted by atomic mass is 15.0. The van der Waals surface area contributed by atoms with Crippen molar-refractivity contribution in [3.05, 3.63) is 182 Å². The van der Waals surface area contributed by atoms with Crippen molar-refractivity contribution in [2.75, 3.05) is 0 Å². The Morgan fingerprint density at radius 3 is 1.73 bits per heavy atom. The summed E-state index contributed by atoms with van der Waals surface area (Å²) in [7, 11) is 0. The van der Waals surface area contributed by atoms with Gasteiger partial charge < -0.3 is 4.57 Å². The molecule has 0 bridgehead atoms. The molecule has 3 heterocycles. The average Bonchev–Trinajstić information content (AvgIpc) is 3.55. The molecule has 238 valence electrons. The highest BCUT2D eigenvalue weighted by molar-refractivity contribution is 6.09. The van der Waals surface area contributed by atoms with Crippen LogP contribution in [0.15, 0.2) is 182 Å². The van der Waals surface area contributed by atoms with E-state index in [4.69, 9.17) is 9.97 Å². The fourth-order valence-corrected chi connectivity index (χ4v) is 7.43. The first-order valence-corrected chi connectivity index (χ1v) is 17.2. The summed E-state index contributed by atoms with van der Waals surface area (Å²) in [5.74, 6) is 0.685. The maximum absolute atomic E-state index is 5.20. The van der Waals surface area contributed by atoms with Crippen LogP contribution in [0.3, 0.4) is 0 Å². The van der Waals surface area contributed by atoms with E-state index in [1.165, 1.54) is 27.2 Å². The number of fused-ring (bicyclic) bond motifs is 5. The first-order chi connectivity index (χ1) is 25.3. The molecule has 4 nitrogen and oxygen atoms in total. The number of pyridine rings is 1. The van der Waals surface area contributed by atoms with Crippen LogP contribution in [0.1, 0.15) is 0 Å². The minimum atomic E-state index is 0.685. The van der Waals surface area contributed by atoms with E-state index in [9.17, 15) is 0 Å². The summed E-state index contributed by atoms with van der Waals surface area (Å²) >= 11 is 0. The molecule has 51 heavy (non-hydrogen) atoms. The van der Waals surface area contributed by atoms with Gasteiger partial charge in [-0.15, -0.1) is 0 Å². The molecule has 0 spiro atoms. The SMILES string of the molecule is c1ccc2c(-c3cc(-c4ccc(-n5c6ccccc6c6ccccc65)cc4)nc(-c4ccc(-c5cccc6cccnc56)cc4)n3)cccc2c1. The molecule has 10 aromatic rings. The molecule has 0 unspecified atom stereocenters. The Kier molecular flexibility index (Phi) is 6.78. The third kappa shape index (κ3) is 4.96. The van der Waals surface area contributed by atoms with E-state index < -0.39 is 0 Å². The van der Waals surface area contributed by atoms with Crippen molar-refractivity contribution in [1.29, 1.82) is 0 Å². The largest absolute Gasteiger partial charge is 0.309 e. The number of nitrogens with zero attached hydrogens (tertiary/aromatic N) is 4. The fraction of sp³-hybridized carbons (Fsp3) is 0. The topological polar surface area (TPSA) is 43.6 Å². The van der Waals surface area contributed by atoms with Crippen LogP contribution in [0.4, 0.5) is 0 Å². The summed E-state index contributed by atoms with van der Waals surface area (Å²) in [4.78, 5) is 15.1. The van der Waals surface area contributed by atoms with Gasteiger partial charge in [0.15, 0.2) is 5.82 Å². The van der Waals surface area contributed by atoms with Gasteiger partial charge in [-0.05, 0) is 52.7 Å². The number of aromatic nitrogens is 4. The highest BCUT2D eigenvalue weighted by Gasteiger charge is 2.15. The predicted octanol–water partition coefficient (Wildman–Crippen LogP) is 11.9. The lowest BCUT2D eigenvalue weighted by Crippen LogP contribution is -1.97. The molecule has 4 heteroatoms. The summed E-state index contributed by atoms with van der Waals surface area (Å²) < 4.78 is 2.34. The number of benzene rings is 7. The first kappa shape index (κ1) is 29.0. The van der Waals surface area contributed by atoms with Gasteiger partial charge in [-0.1, -0.05) is 140 Å². The minimum Gasteiger partial charge on any atom is -0.309 e. The maximum Gasteiger partial charge on any atom is 0.160 e. The molecule has 0 radical (unpaired) electrons. The molecular weight excluding hydrogens is 621 g/mol. The number of para-hydroxylation sites is 3.